The van der Waals surface area contributed by atoms with Crippen LogP contribution in [-0.4, -0.2) is 31.4 Å². The van der Waals surface area contributed by atoms with E-state index < -0.39 is 0 Å². The molecule has 2 saturated heterocycles. The fourth-order valence-electron chi connectivity index (χ4n) is 3.59. The molecule has 4 heteroatoms. The van der Waals surface area contributed by atoms with E-state index in [1.807, 2.05) is 6.07 Å². The molecule has 3 atom stereocenters. The van der Waals surface area contributed by atoms with Crippen LogP contribution in [-0.2, 0) is 16.1 Å². The number of hydrogen-bond donors (Lipinski definition) is 1. The molecule has 1 aromatic carbocycles. The average Bonchev–Trinajstić information content (AvgIpc) is 2.78. The molecule has 3 rings (SSSR count). The van der Waals surface area contributed by atoms with Crippen molar-refractivity contribution in [1.82, 2.24) is 5.32 Å². The minimum absolute atomic E-state index is 0.197. The molecular weight excluding hydrogens is 257 g/mol. The third kappa shape index (κ3) is 2.87. The van der Waals surface area contributed by atoms with Gasteiger partial charge in [-0.25, -0.2) is 4.39 Å². The topological polar surface area (TPSA) is 30.5 Å². The Labute approximate surface area is 119 Å². The predicted octanol–water partition coefficient (Wildman–Crippen LogP) is 2.64. The molecule has 1 unspecified atom stereocenters. The molecule has 0 spiro atoms. The zero-order valence-electron chi connectivity index (χ0n) is 11.9. The fraction of sp³-hybridized carbons (Fsp3) is 0.625. The van der Waals surface area contributed by atoms with Crippen LogP contribution in [0.25, 0.3) is 0 Å². The van der Waals surface area contributed by atoms with E-state index in [0.29, 0.717) is 30.9 Å². The van der Waals surface area contributed by atoms with Crippen LogP contribution in [0.1, 0.15) is 31.2 Å². The van der Waals surface area contributed by atoms with Crippen LogP contribution >= 0.6 is 0 Å². The number of halogens is 1. The largest absolute Gasteiger partial charge is 0.382 e. The normalized spacial score (nSPS) is 32.5. The first kappa shape index (κ1) is 14.0. The van der Waals surface area contributed by atoms with Crippen molar-refractivity contribution in [3.63, 3.8) is 0 Å². The van der Waals surface area contributed by atoms with E-state index >= 15 is 0 Å². The third-order valence-electron chi connectivity index (χ3n) is 4.47. The first-order chi connectivity index (χ1) is 9.71. The molecule has 2 fully saturated rings. The number of piperidine rings is 1. The molecule has 1 aromatic rings. The van der Waals surface area contributed by atoms with Gasteiger partial charge in [-0.3, -0.25) is 0 Å². The lowest BCUT2D eigenvalue weighted by Crippen LogP contribution is -2.52. The second-order valence-electron chi connectivity index (χ2n) is 6.04. The first-order valence-electron chi connectivity index (χ1n) is 7.33. The van der Waals surface area contributed by atoms with E-state index in [9.17, 15) is 4.39 Å². The SMILES string of the molecule is COCC1(OCc2ccccc2F)C[C@H]2CC[C@@H](C1)N2. The number of nitrogens with one attached hydrogen (secondary N) is 1. The van der Waals surface area contributed by atoms with E-state index in [4.69, 9.17) is 9.47 Å². The van der Waals surface area contributed by atoms with Crippen LogP contribution in [0.3, 0.4) is 0 Å². The summed E-state index contributed by atoms with van der Waals surface area (Å²) in [6.45, 7) is 0.894. The third-order valence-corrected chi connectivity index (χ3v) is 4.47. The Kier molecular flexibility index (Phi) is 4.06. The van der Waals surface area contributed by atoms with Crippen molar-refractivity contribution in [2.45, 2.75) is 50.0 Å². The second kappa shape index (κ2) is 5.80. The maximum atomic E-state index is 13.7. The van der Waals surface area contributed by atoms with Crippen LogP contribution in [0.15, 0.2) is 24.3 Å². The van der Waals surface area contributed by atoms with Gasteiger partial charge >= 0.3 is 0 Å². The Morgan fingerprint density at radius 3 is 2.60 bits per heavy atom. The van der Waals surface area contributed by atoms with Crippen LogP contribution in [0.4, 0.5) is 4.39 Å². The van der Waals surface area contributed by atoms with Crippen molar-refractivity contribution < 1.29 is 13.9 Å². The van der Waals surface area contributed by atoms with Crippen molar-refractivity contribution in [2.24, 2.45) is 0 Å². The van der Waals surface area contributed by atoms with Gasteiger partial charge in [0.15, 0.2) is 0 Å². The molecule has 110 valence electrons. The van der Waals surface area contributed by atoms with E-state index in [1.165, 1.54) is 18.9 Å². The summed E-state index contributed by atoms with van der Waals surface area (Å²) in [5, 5.41) is 3.60. The minimum Gasteiger partial charge on any atom is -0.382 e. The molecule has 1 N–H and O–H groups in total. The zero-order chi connectivity index (χ0) is 14.0. The van der Waals surface area contributed by atoms with Crippen LogP contribution in [0.2, 0.25) is 0 Å². The minimum atomic E-state index is -0.270. The maximum absolute atomic E-state index is 13.7. The summed E-state index contributed by atoms with van der Waals surface area (Å²) in [5.41, 5.74) is 0.350. The Morgan fingerprint density at radius 1 is 1.25 bits per heavy atom. The van der Waals surface area contributed by atoms with Crippen molar-refractivity contribution in [3.05, 3.63) is 35.6 Å². The molecule has 2 bridgehead atoms. The number of fused-ring (bicyclic) bond motifs is 2. The van der Waals surface area contributed by atoms with Gasteiger partial charge in [0.25, 0.3) is 0 Å². The number of ether oxygens (including phenoxy) is 2. The Bertz CT molecular complexity index is 454. The van der Waals surface area contributed by atoms with Crippen LogP contribution < -0.4 is 5.32 Å². The summed E-state index contributed by atoms with van der Waals surface area (Å²) in [4.78, 5) is 0. The second-order valence-corrected chi connectivity index (χ2v) is 6.04. The van der Waals surface area contributed by atoms with Gasteiger partial charge in [-0.2, -0.15) is 0 Å². The van der Waals surface area contributed by atoms with Gasteiger partial charge in [0.05, 0.1) is 18.8 Å². The lowest BCUT2D eigenvalue weighted by molar-refractivity contribution is -0.123. The number of benzene rings is 1. The van der Waals surface area contributed by atoms with Crippen molar-refractivity contribution in [1.29, 1.82) is 0 Å². The maximum Gasteiger partial charge on any atom is 0.128 e. The summed E-state index contributed by atoms with van der Waals surface area (Å²) in [6, 6.07) is 7.85. The van der Waals surface area contributed by atoms with Crippen molar-refractivity contribution in [3.8, 4) is 0 Å². The smallest absolute Gasteiger partial charge is 0.128 e. The molecule has 0 aliphatic carbocycles. The van der Waals surface area contributed by atoms with E-state index in [-0.39, 0.29) is 11.4 Å². The van der Waals surface area contributed by atoms with Crippen LogP contribution in [0, 0.1) is 5.82 Å². The van der Waals surface area contributed by atoms with E-state index in [0.717, 1.165) is 12.8 Å². The standard InChI is InChI=1S/C16H22FNO2/c1-19-11-16(8-13-6-7-14(9-16)18-13)20-10-12-4-2-3-5-15(12)17/h2-5,13-14,18H,6-11H2,1H3/t13-,14+,16?. The van der Waals surface area contributed by atoms with Gasteiger partial charge in [0, 0.05) is 24.8 Å². The molecular formula is C16H22FNO2. The quantitative estimate of drug-likeness (QED) is 0.899. The number of hydrogen-bond acceptors (Lipinski definition) is 3. The van der Waals surface area contributed by atoms with Gasteiger partial charge < -0.3 is 14.8 Å². The molecule has 20 heavy (non-hydrogen) atoms. The molecule has 2 heterocycles. The first-order valence-corrected chi connectivity index (χ1v) is 7.33. The summed E-state index contributed by atoms with van der Waals surface area (Å²) < 4.78 is 25.2. The molecule has 2 aliphatic rings. The van der Waals surface area contributed by atoms with Gasteiger partial charge in [0.1, 0.15) is 5.82 Å². The Balaban J connectivity index is 1.70. The molecule has 0 saturated carbocycles. The zero-order valence-corrected chi connectivity index (χ0v) is 11.9. The fourth-order valence-corrected chi connectivity index (χ4v) is 3.59. The summed E-state index contributed by atoms with van der Waals surface area (Å²) in [6.07, 6.45) is 4.32. The van der Waals surface area contributed by atoms with Crippen molar-refractivity contribution >= 4 is 0 Å². The molecule has 3 nitrogen and oxygen atoms in total. The molecule has 2 aliphatic heterocycles. The highest BCUT2D eigenvalue weighted by atomic mass is 19.1. The lowest BCUT2D eigenvalue weighted by Gasteiger charge is -2.40. The predicted molar refractivity (Wildman–Crippen MR) is 75.0 cm³/mol. The summed E-state index contributed by atoms with van der Waals surface area (Å²) in [7, 11) is 1.71. The average molecular weight is 279 g/mol. The lowest BCUT2D eigenvalue weighted by atomic mass is 9.88. The highest BCUT2D eigenvalue weighted by Crippen LogP contribution is 2.37. The highest BCUT2D eigenvalue weighted by Gasteiger charge is 2.44. The molecule has 0 aromatic heterocycles. The van der Waals surface area contributed by atoms with Gasteiger partial charge in [-0.1, -0.05) is 18.2 Å². The van der Waals surface area contributed by atoms with E-state index in [1.54, 1.807) is 19.2 Å². The highest BCUT2D eigenvalue weighted by molar-refractivity contribution is 5.16. The summed E-state index contributed by atoms with van der Waals surface area (Å²) in [5.74, 6) is -0.197. The Hall–Kier alpha value is -0.970. The van der Waals surface area contributed by atoms with Crippen LogP contribution in [0.5, 0.6) is 0 Å². The summed E-state index contributed by atoms with van der Waals surface area (Å²) >= 11 is 0. The van der Waals surface area contributed by atoms with Crippen molar-refractivity contribution in [2.75, 3.05) is 13.7 Å². The number of methoxy groups -OCH3 is 1. The number of rotatable bonds is 5. The Morgan fingerprint density at radius 2 is 1.95 bits per heavy atom. The van der Waals surface area contributed by atoms with Gasteiger partial charge in [0.2, 0.25) is 0 Å². The van der Waals surface area contributed by atoms with E-state index in [2.05, 4.69) is 5.32 Å². The van der Waals surface area contributed by atoms with Gasteiger partial charge in [-0.15, -0.1) is 0 Å². The molecule has 0 radical (unpaired) electrons. The molecule has 0 amide bonds. The monoisotopic (exact) mass is 279 g/mol. The van der Waals surface area contributed by atoms with Gasteiger partial charge in [-0.05, 0) is 31.7 Å².